The van der Waals surface area contributed by atoms with Crippen LogP contribution in [0.4, 0.5) is 9.59 Å². The van der Waals surface area contributed by atoms with Gasteiger partial charge in [0.05, 0.1) is 23.5 Å². The number of ketones is 1. The van der Waals surface area contributed by atoms with Gasteiger partial charge in [0.1, 0.15) is 49.3 Å². The molecule has 2 bridgehead atoms. The molecular weight excluding hydrogens is 1060 g/mol. The van der Waals surface area contributed by atoms with Gasteiger partial charge in [-0.2, -0.15) is 0 Å². The number of aliphatic hydroxyl groups is 1. The summed E-state index contributed by atoms with van der Waals surface area (Å²) in [5.41, 5.74) is -8.14. The number of nitrogens with one attached hydrogen (secondary N) is 2. The lowest BCUT2D eigenvalue weighted by atomic mass is 9.44. The predicted molar refractivity (Wildman–Crippen MR) is 290 cm³/mol. The van der Waals surface area contributed by atoms with Crippen LogP contribution in [0, 0.1) is 16.7 Å². The fourth-order valence-corrected chi connectivity index (χ4v) is 11.9. The van der Waals surface area contributed by atoms with Crippen molar-refractivity contribution < 1.29 is 90.9 Å². The van der Waals surface area contributed by atoms with Crippen molar-refractivity contribution in [2.45, 2.75) is 134 Å². The molecule has 0 radical (unpaired) electrons. The van der Waals surface area contributed by atoms with Crippen LogP contribution in [0.1, 0.15) is 112 Å². The number of carbonyl (C=O) groups is 9. The van der Waals surface area contributed by atoms with Crippen LogP contribution in [0.25, 0.3) is 0 Å². The molecule has 4 unspecified atom stereocenters. The molecule has 4 aliphatic rings. The third-order valence-electron chi connectivity index (χ3n) is 15.9. The maximum atomic E-state index is 16.4. The molecule has 3 N–H and O–H groups in total. The van der Waals surface area contributed by atoms with Crippen LogP contribution in [0.5, 0.6) is 0 Å². The topological polar surface area (TPSA) is 281 Å². The van der Waals surface area contributed by atoms with Gasteiger partial charge in [0.25, 0.3) is 5.91 Å². The number of rotatable bonds is 22. The molecule has 2 saturated carbocycles. The Bertz CT molecular complexity index is 2930. The van der Waals surface area contributed by atoms with Gasteiger partial charge in [-0.3, -0.25) is 24.0 Å². The number of benzene rings is 3. The number of fused-ring (bicyclic) bond motifs is 5. The second-order valence-corrected chi connectivity index (χ2v) is 21.4. The average molecular weight is 1140 g/mol. The van der Waals surface area contributed by atoms with E-state index >= 15 is 9.59 Å². The highest BCUT2D eigenvalue weighted by molar-refractivity contribution is 5.97. The summed E-state index contributed by atoms with van der Waals surface area (Å²) in [4.78, 5) is 127. The Labute approximate surface area is 475 Å². The van der Waals surface area contributed by atoms with Gasteiger partial charge in [-0.1, -0.05) is 112 Å². The van der Waals surface area contributed by atoms with Crippen molar-refractivity contribution >= 4 is 53.8 Å². The molecule has 11 atom stereocenters. The summed E-state index contributed by atoms with van der Waals surface area (Å²) in [6.07, 6.45) is -9.51. The van der Waals surface area contributed by atoms with E-state index in [1.807, 2.05) is 0 Å². The standard InChI is InChI=1S/C61H70N2O19/c1-9-31-74-45(66)29-21-14-22-30-62-56(71)79-43-33-44-60(35-76-44,82-38(5)65)50-52(81-54(69)41-27-19-13-20-28-41)61(73)34-42(36(3)46(58(61,6)7)48(77-37(4)64)51(67)59(43,50)8)78-55(70)49(80-57(72)75-32-10-2)47(39-23-15-11-16-24-39)63-53(68)40-25-17-12-18-26-40/h9-13,15-20,23-28,42-44,47-50,52,73H,1-2,14,21-22,29-35H2,3-8H3,(H,62,71)(H,63,68)/t42-,43-,44?,47-,48?,49+,50?,52?,59+,60-,61+/m0/s1. The first kappa shape index (κ1) is 61.4. The largest absolute Gasteiger partial charge is 0.509 e. The van der Waals surface area contributed by atoms with Crippen molar-refractivity contribution in [3.05, 3.63) is 144 Å². The maximum absolute atomic E-state index is 16.4. The second-order valence-electron chi connectivity index (χ2n) is 21.4. The number of unbranched alkanes of at least 4 members (excludes halogenated alkanes) is 2. The highest BCUT2D eigenvalue weighted by Crippen LogP contribution is 2.65. The fraction of sp³-hybridized carbons (Fsp3) is 0.459. The first-order chi connectivity index (χ1) is 39.0. The molecule has 0 aromatic heterocycles. The Morgan fingerprint density at radius 2 is 1.40 bits per heavy atom. The molecule has 82 heavy (non-hydrogen) atoms. The van der Waals surface area contributed by atoms with Crippen molar-refractivity contribution in [2.75, 3.05) is 26.4 Å². The highest BCUT2D eigenvalue weighted by atomic mass is 16.7. The van der Waals surface area contributed by atoms with Crippen molar-refractivity contribution in [3.63, 3.8) is 0 Å². The fourth-order valence-electron chi connectivity index (χ4n) is 11.9. The van der Waals surface area contributed by atoms with Crippen LogP contribution in [-0.2, 0) is 66.6 Å². The van der Waals surface area contributed by atoms with E-state index in [0.29, 0.717) is 19.3 Å². The van der Waals surface area contributed by atoms with Crippen LogP contribution in [-0.4, -0.2) is 133 Å². The molecule has 0 spiro atoms. The van der Waals surface area contributed by atoms with E-state index in [1.165, 1.54) is 64.1 Å². The lowest BCUT2D eigenvalue weighted by Gasteiger charge is -2.67. The molecule has 3 aromatic carbocycles. The molecule has 21 nitrogen and oxygen atoms in total. The lowest BCUT2D eigenvalue weighted by Crippen LogP contribution is -2.82. The summed E-state index contributed by atoms with van der Waals surface area (Å²) in [6, 6.07) is 22.3. The minimum Gasteiger partial charge on any atom is -0.461 e. The first-order valence-electron chi connectivity index (χ1n) is 27.0. The van der Waals surface area contributed by atoms with Crippen LogP contribution in [0.3, 0.4) is 0 Å². The van der Waals surface area contributed by atoms with Gasteiger partial charge in [0, 0.05) is 50.6 Å². The van der Waals surface area contributed by atoms with Gasteiger partial charge in [0.2, 0.25) is 6.10 Å². The van der Waals surface area contributed by atoms with E-state index in [-0.39, 0.29) is 60.4 Å². The molecule has 3 aromatic rings. The zero-order valence-corrected chi connectivity index (χ0v) is 46.7. The Morgan fingerprint density at radius 3 is 2.00 bits per heavy atom. The average Bonchev–Trinajstić information content (AvgIpc) is 0.907. The second kappa shape index (κ2) is 26.2. The van der Waals surface area contributed by atoms with Crippen molar-refractivity contribution in [2.24, 2.45) is 16.7 Å². The zero-order chi connectivity index (χ0) is 59.6. The molecule has 3 aliphatic carbocycles. The first-order valence-corrected chi connectivity index (χ1v) is 27.0. The van der Waals surface area contributed by atoms with Gasteiger partial charge in [-0.15, -0.1) is 0 Å². The molecule has 21 heteroatoms. The Kier molecular flexibility index (Phi) is 19.6. The summed E-state index contributed by atoms with van der Waals surface area (Å²) in [7, 11) is 0. The lowest BCUT2D eigenvalue weighted by molar-refractivity contribution is -0.345. The van der Waals surface area contributed by atoms with Crippen molar-refractivity contribution in [1.82, 2.24) is 10.6 Å². The minimum absolute atomic E-state index is 0.00468. The van der Waals surface area contributed by atoms with E-state index < -0.39 is 137 Å². The smallest absolute Gasteiger partial charge is 0.461 e. The summed E-state index contributed by atoms with van der Waals surface area (Å²) >= 11 is 0. The van der Waals surface area contributed by atoms with Crippen molar-refractivity contribution in [3.8, 4) is 0 Å². The van der Waals surface area contributed by atoms with Crippen LogP contribution >= 0.6 is 0 Å². The number of alkyl carbamates (subject to hydrolysis) is 1. The van der Waals surface area contributed by atoms with Gasteiger partial charge in [-0.05, 0) is 67.7 Å². The molecule has 438 valence electrons. The monoisotopic (exact) mass is 1130 g/mol. The van der Waals surface area contributed by atoms with Gasteiger partial charge < -0.3 is 58.4 Å². The molecule has 3 fully saturated rings. The summed E-state index contributed by atoms with van der Waals surface area (Å²) < 4.78 is 53.6. The number of Topliss-reactive ketones (excluding diaryl/α,β-unsaturated/α-hetero) is 1. The van der Waals surface area contributed by atoms with E-state index in [0.717, 1.165) is 13.8 Å². The quantitative estimate of drug-likeness (QED) is 0.0391. The van der Waals surface area contributed by atoms with Crippen LogP contribution in [0.15, 0.2) is 127 Å². The number of carbonyl (C=O) groups excluding carboxylic acids is 9. The Hall–Kier alpha value is -8.17. The number of ether oxygens (including phenoxy) is 9. The third-order valence-corrected chi connectivity index (χ3v) is 15.9. The van der Waals surface area contributed by atoms with E-state index in [1.54, 1.807) is 66.7 Å². The number of esters is 5. The number of hydrogen-bond donors (Lipinski definition) is 3. The van der Waals surface area contributed by atoms with Crippen molar-refractivity contribution in [1.29, 1.82) is 0 Å². The minimum atomic E-state index is -2.57. The molecule has 1 heterocycles. The van der Waals surface area contributed by atoms with Gasteiger partial charge >= 0.3 is 42.1 Å². The van der Waals surface area contributed by atoms with E-state index in [9.17, 15) is 38.7 Å². The molecule has 7 rings (SSSR count). The normalized spacial score (nSPS) is 26.5. The molecule has 2 amide bonds. The summed E-state index contributed by atoms with van der Waals surface area (Å²) in [6.45, 7) is 14.6. The number of hydrogen-bond acceptors (Lipinski definition) is 19. The molecule has 1 saturated heterocycles. The predicted octanol–water partition coefficient (Wildman–Crippen LogP) is 7.11. The van der Waals surface area contributed by atoms with Gasteiger partial charge in [0.15, 0.2) is 17.5 Å². The van der Waals surface area contributed by atoms with Gasteiger partial charge in [-0.25, -0.2) is 19.2 Å². The van der Waals surface area contributed by atoms with Crippen LogP contribution < -0.4 is 10.6 Å². The molecular formula is C61H70N2O19. The number of amides is 2. The van der Waals surface area contributed by atoms with Crippen LogP contribution in [0.2, 0.25) is 0 Å². The summed E-state index contributed by atoms with van der Waals surface area (Å²) in [5, 5.41) is 19.7. The van der Waals surface area contributed by atoms with E-state index in [4.69, 9.17) is 42.6 Å². The van der Waals surface area contributed by atoms with E-state index in [2.05, 4.69) is 23.8 Å². The SMILES string of the molecule is C=CCOC(=O)CCCCCNC(=O)O[C@H]1CC2OC[C@@]2(OC(C)=O)C2C(OC(=O)c3ccccc3)[C@]3(O)C[C@H](OC(=O)[C@H](OC(=O)OCC=C)[C@@H](NC(=O)c4ccccc4)c4ccccc4)C(C)=C(C(OC(C)=O)C(=O)[C@@]21C)C3(C)C. The summed E-state index contributed by atoms with van der Waals surface area (Å²) in [5.74, 6) is -7.90. The zero-order valence-electron chi connectivity index (χ0n) is 46.7. The third kappa shape index (κ3) is 12.8. The Balaban J connectivity index is 1.38. The highest BCUT2D eigenvalue weighted by Gasteiger charge is 2.79. The Morgan fingerprint density at radius 1 is 0.780 bits per heavy atom. The maximum Gasteiger partial charge on any atom is 0.509 e. The molecule has 1 aliphatic heterocycles.